The normalized spacial score (nSPS) is 22.3. The predicted molar refractivity (Wildman–Crippen MR) is 92.7 cm³/mol. The van der Waals surface area contributed by atoms with E-state index >= 15 is 0 Å². The maximum absolute atomic E-state index is 12.6. The summed E-state index contributed by atoms with van der Waals surface area (Å²) in [5, 5.41) is 3.70. The Kier molecular flexibility index (Phi) is 4.36. The summed E-state index contributed by atoms with van der Waals surface area (Å²) in [6.07, 6.45) is 6.18. The van der Waals surface area contributed by atoms with Crippen LogP contribution < -0.4 is 10.2 Å². The first-order valence-electron chi connectivity index (χ1n) is 9.13. The first-order chi connectivity index (χ1) is 11.3. The standard InChI is InChI=1S/C19H27N3O/c23-19(22-12-7-16-3-1-2-4-18(16)22)14-21-10-8-17(9-11-21)20-13-15-5-6-15/h1-4,15,17,20H,5-14H2. The first kappa shape index (κ1) is 15.2. The maximum Gasteiger partial charge on any atom is 0.241 e. The van der Waals surface area contributed by atoms with Crippen molar-refractivity contribution >= 4 is 11.6 Å². The second-order valence-corrected chi connectivity index (χ2v) is 7.33. The molecule has 23 heavy (non-hydrogen) atoms. The summed E-state index contributed by atoms with van der Waals surface area (Å²) in [5.41, 5.74) is 2.43. The fraction of sp³-hybridized carbons (Fsp3) is 0.632. The number of carbonyl (C=O) groups excluding carboxylic acids is 1. The van der Waals surface area contributed by atoms with E-state index in [1.807, 2.05) is 11.0 Å². The van der Waals surface area contributed by atoms with Gasteiger partial charge in [0.05, 0.1) is 6.54 Å². The molecule has 0 spiro atoms. The largest absolute Gasteiger partial charge is 0.314 e. The van der Waals surface area contributed by atoms with Gasteiger partial charge in [-0.2, -0.15) is 0 Å². The summed E-state index contributed by atoms with van der Waals surface area (Å²) in [6.45, 7) is 4.71. The number of piperidine rings is 1. The van der Waals surface area contributed by atoms with Crippen LogP contribution in [-0.4, -0.2) is 49.6 Å². The van der Waals surface area contributed by atoms with E-state index in [4.69, 9.17) is 0 Å². The molecule has 1 aromatic rings. The van der Waals surface area contributed by atoms with E-state index in [0.29, 0.717) is 12.6 Å². The van der Waals surface area contributed by atoms with Gasteiger partial charge in [-0.05, 0) is 56.2 Å². The van der Waals surface area contributed by atoms with Gasteiger partial charge < -0.3 is 10.2 Å². The molecule has 2 aliphatic heterocycles. The number of nitrogens with zero attached hydrogens (tertiary/aromatic N) is 2. The van der Waals surface area contributed by atoms with Crippen LogP contribution in [-0.2, 0) is 11.2 Å². The van der Waals surface area contributed by atoms with Crippen LogP contribution in [0.2, 0.25) is 0 Å². The fourth-order valence-electron chi connectivity index (χ4n) is 3.82. The van der Waals surface area contributed by atoms with Gasteiger partial charge in [0.15, 0.2) is 0 Å². The van der Waals surface area contributed by atoms with E-state index in [1.165, 1.54) is 37.8 Å². The zero-order valence-electron chi connectivity index (χ0n) is 13.8. The summed E-state index contributed by atoms with van der Waals surface area (Å²) in [4.78, 5) is 17.0. The average Bonchev–Trinajstić information content (AvgIpc) is 3.31. The second kappa shape index (κ2) is 6.62. The third kappa shape index (κ3) is 3.59. The molecule has 4 rings (SSSR count). The molecule has 2 fully saturated rings. The topological polar surface area (TPSA) is 35.6 Å². The van der Waals surface area contributed by atoms with Crippen LogP contribution >= 0.6 is 0 Å². The van der Waals surface area contributed by atoms with Crippen molar-refractivity contribution in [1.82, 2.24) is 10.2 Å². The van der Waals surface area contributed by atoms with Gasteiger partial charge in [-0.3, -0.25) is 9.69 Å². The van der Waals surface area contributed by atoms with Gasteiger partial charge in [-0.25, -0.2) is 0 Å². The van der Waals surface area contributed by atoms with Crippen molar-refractivity contribution < 1.29 is 4.79 Å². The average molecular weight is 313 g/mol. The minimum Gasteiger partial charge on any atom is -0.314 e. The summed E-state index contributed by atoms with van der Waals surface area (Å²) >= 11 is 0. The summed E-state index contributed by atoms with van der Waals surface area (Å²) in [7, 11) is 0. The van der Waals surface area contributed by atoms with Crippen molar-refractivity contribution in [3.63, 3.8) is 0 Å². The smallest absolute Gasteiger partial charge is 0.241 e. The Labute approximate surface area is 138 Å². The molecule has 124 valence electrons. The lowest BCUT2D eigenvalue weighted by atomic mass is 10.0. The van der Waals surface area contributed by atoms with Gasteiger partial charge in [0.25, 0.3) is 0 Å². The maximum atomic E-state index is 12.6. The number of benzene rings is 1. The Hall–Kier alpha value is -1.39. The molecule has 1 N–H and O–H groups in total. The van der Waals surface area contributed by atoms with Crippen LogP contribution in [0.25, 0.3) is 0 Å². The molecule has 3 aliphatic rings. The molecule has 1 aliphatic carbocycles. The number of carbonyl (C=O) groups is 1. The zero-order chi connectivity index (χ0) is 15.6. The summed E-state index contributed by atoms with van der Waals surface area (Å²) in [6, 6.07) is 8.97. The molecular weight excluding hydrogens is 286 g/mol. The van der Waals surface area contributed by atoms with Crippen molar-refractivity contribution in [2.24, 2.45) is 5.92 Å². The lowest BCUT2D eigenvalue weighted by molar-refractivity contribution is -0.119. The molecular formula is C19H27N3O. The highest BCUT2D eigenvalue weighted by atomic mass is 16.2. The molecule has 2 heterocycles. The van der Waals surface area contributed by atoms with E-state index in [9.17, 15) is 4.79 Å². The Morgan fingerprint density at radius 3 is 2.65 bits per heavy atom. The Bertz CT molecular complexity index is 561. The third-order valence-electron chi connectivity index (χ3n) is 5.53. The van der Waals surface area contributed by atoms with Crippen LogP contribution in [0.3, 0.4) is 0 Å². The van der Waals surface area contributed by atoms with Crippen LogP contribution in [0.4, 0.5) is 5.69 Å². The van der Waals surface area contributed by atoms with Crippen LogP contribution in [0.15, 0.2) is 24.3 Å². The minimum atomic E-state index is 0.263. The first-order valence-corrected chi connectivity index (χ1v) is 9.13. The molecule has 1 saturated heterocycles. The van der Waals surface area contributed by atoms with E-state index in [1.54, 1.807) is 0 Å². The molecule has 0 bridgehead atoms. The molecule has 1 saturated carbocycles. The van der Waals surface area contributed by atoms with Crippen molar-refractivity contribution in [3.8, 4) is 0 Å². The number of hydrogen-bond donors (Lipinski definition) is 1. The Morgan fingerprint density at radius 1 is 1.09 bits per heavy atom. The Morgan fingerprint density at radius 2 is 1.87 bits per heavy atom. The van der Waals surface area contributed by atoms with Crippen molar-refractivity contribution in [3.05, 3.63) is 29.8 Å². The van der Waals surface area contributed by atoms with Crippen LogP contribution in [0, 0.1) is 5.92 Å². The molecule has 0 aromatic heterocycles. The lowest BCUT2D eigenvalue weighted by Gasteiger charge is -2.33. The van der Waals surface area contributed by atoms with Gasteiger partial charge >= 0.3 is 0 Å². The van der Waals surface area contributed by atoms with Gasteiger partial charge in [0, 0.05) is 31.4 Å². The second-order valence-electron chi connectivity index (χ2n) is 7.33. The lowest BCUT2D eigenvalue weighted by Crippen LogP contribution is -2.47. The number of para-hydroxylation sites is 1. The SMILES string of the molecule is O=C(CN1CCC(NCC2CC2)CC1)N1CCc2ccccc21. The number of rotatable bonds is 5. The number of likely N-dealkylation sites (tertiary alicyclic amines) is 1. The summed E-state index contributed by atoms with van der Waals surface area (Å²) < 4.78 is 0. The quantitative estimate of drug-likeness (QED) is 0.903. The number of anilines is 1. The molecule has 1 aromatic carbocycles. The number of hydrogen-bond acceptors (Lipinski definition) is 3. The molecule has 0 unspecified atom stereocenters. The van der Waals surface area contributed by atoms with E-state index in [2.05, 4.69) is 28.4 Å². The highest BCUT2D eigenvalue weighted by Gasteiger charge is 2.28. The van der Waals surface area contributed by atoms with Gasteiger partial charge in [0.1, 0.15) is 0 Å². The number of fused-ring (bicyclic) bond motifs is 1. The third-order valence-corrected chi connectivity index (χ3v) is 5.53. The van der Waals surface area contributed by atoms with Crippen LogP contribution in [0.5, 0.6) is 0 Å². The molecule has 0 radical (unpaired) electrons. The molecule has 4 heteroatoms. The number of nitrogens with one attached hydrogen (secondary N) is 1. The molecule has 1 amide bonds. The van der Waals surface area contributed by atoms with Gasteiger partial charge in [0.2, 0.25) is 5.91 Å². The van der Waals surface area contributed by atoms with Crippen molar-refractivity contribution in [2.75, 3.05) is 37.6 Å². The molecule has 4 nitrogen and oxygen atoms in total. The highest BCUT2D eigenvalue weighted by molar-refractivity contribution is 5.96. The monoisotopic (exact) mass is 313 g/mol. The predicted octanol–water partition coefficient (Wildman–Crippen LogP) is 2.04. The number of amides is 1. The fourth-order valence-corrected chi connectivity index (χ4v) is 3.82. The minimum absolute atomic E-state index is 0.263. The van der Waals surface area contributed by atoms with Crippen LogP contribution in [0.1, 0.15) is 31.2 Å². The Balaban J connectivity index is 1.25. The van der Waals surface area contributed by atoms with E-state index in [-0.39, 0.29) is 5.91 Å². The zero-order valence-corrected chi connectivity index (χ0v) is 13.8. The van der Waals surface area contributed by atoms with E-state index < -0.39 is 0 Å². The van der Waals surface area contributed by atoms with Crippen molar-refractivity contribution in [2.45, 2.75) is 38.1 Å². The highest BCUT2D eigenvalue weighted by Crippen LogP contribution is 2.29. The van der Waals surface area contributed by atoms with Crippen molar-refractivity contribution in [1.29, 1.82) is 0 Å². The summed E-state index contributed by atoms with van der Waals surface area (Å²) in [5.74, 6) is 1.21. The van der Waals surface area contributed by atoms with Gasteiger partial charge in [-0.1, -0.05) is 18.2 Å². The van der Waals surface area contributed by atoms with Gasteiger partial charge in [-0.15, -0.1) is 0 Å². The molecule has 0 atom stereocenters. The van der Waals surface area contributed by atoms with E-state index in [0.717, 1.165) is 37.7 Å².